The molecule has 0 fully saturated rings. The number of hydrogen-bond acceptors (Lipinski definition) is 4. The molecule has 0 spiro atoms. The van der Waals surface area contributed by atoms with Crippen molar-refractivity contribution in [1.29, 1.82) is 0 Å². The Balaban J connectivity index is 2.02. The second kappa shape index (κ2) is 5.45. The van der Waals surface area contributed by atoms with Gasteiger partial charge in [0, 0.05) is 12.0 Å². The lowest BCUT2D eigenvalue weighted by Crippen LogP contribution is -2.21. The van der Waals surface area contributed by atoms with E-state index in [9.17, 15) is 4.79 Å². The summed E-state index contributed by atoms with van der Waals surface area (Å²) in [4.78, 5) is 20.3. The third kappa shape index (κ3) is 3.90. The molecule has 1 N–H and O–H groups in total. The first-order valence-electron chi connectivity index (χ1n) is 6.66. The molecule has 2 rings (SSSR count). The molecule has 0 saturated carbocycles. The SMILES string of the molecule is CC(C)(C)CC(=O)CNc1nc(Cl)nc2c1CCC2. The van der Waals surface area contributed by atoms with Gasteiger partial charge >= 0.3 is 0 Å². The van der Waals surface area contributed by atoms with E-state index in [0.29, 0.717) is 13.0 Å². The predicted molar refractivity (Wildman–Crippen MR) is 76.6 cm³/mol. The molecule has 0 bridgehead atoms. The fourth-order valence-electron chi connectivity index (χ4n) is 2.38. The standard InChI is InChI=1S/C14H20ClN3O/c1-14(2,3)7-9(19)8-16-12-10-5-4-6-11(10)17-13(15)18-12/h4-8H2,1-3H3,(H,16,17,18). The molecular formula is C14H20ClN3O. The van der Waals surface area contributed by atoms with Gasteiger partial charge in [0.25, 0.3) is 0 Å². The first kappa shape index (κ1) is 14.3. The number of carbonyl (C=O) groups excluding carboxylic acids is 1. The van der Waals surface area contributed by atoms with E-state index in [0.717, 1.165) is 36.3 Å². The number of nitrogens with one attached hydrogen (secondary N) is 1. The Hall–Kier alpha value is -1.16. The van der Waals surface area contributed by atoms with Gasteiger partial charge in [0.15, 0.2) is 5.78 Å². The topological polar surface area (TPSA) is 54.9 Å². The summed E-state index contributed by atoms with van der Waals surface area (Å²) in [5, 5.41) is 3.38. The molecule has 19 heavy (non-hydrogen) atoms. The van der Waals surface area contributed by atoms with Crippen LogP contribution in [0.2, 0.25) is 5.28 Å². The molecule has 1 aromatic rings. The van der Waals surface area contributed by atoms with E-state index in [2.05, 4.69) is 36.1 Å². The molecule has 4 nitrogen and oxygen atoms in total. The largest absolute Gasteiger partial charge is 0.363 e. The van der Waals surface area contributed by atoms with Crippen molar-refractivity contribution >= 4 is 23.2 Å². The summed E-state index contributed by atoms with van der Waals surface area (Å²) in [6.45, 7) is 6.48. The summed E-state index contributed by atoms with van der Waals surface area (Å²) in [7, 11) is 0. The van der Waals surface area contributed by atoms with Gasteiger partial charge in [-0.25, -0.2) is 9.97 Å². The van der Waals surface area contributed by atoms with Crippen molar-refractivity contribution in [2.75, 3.05) is 11.9 Å². The van der Waals surface area contributed by atoms with Crippen LogP contribution in [0.25, 0.3) is 0 Å². The summed E-state index contributed by atoms with van der Waals surface area (Å²) in [5.41, 5.74) is 2.16. The molecule has 104 valence electrons. The van der Waals surface area contributed by atoms with Crippen LogP contribution >= 0.6 is 11.6 Å². The Labute approximate surface area is 119 Å². The number of Topliss-reactive ketones (excluding diaryl/α,β-unsaturated/α-hetero) is 1. The van der Waals surface area contributed by atoms with Gasteiger partial charge in [0.05, 0.1) is 12.2 Å². The van der Waals surface area contributed by atoms with E-state index in [4.69, 9.17) is 11.6 Å². The third-order valence-electron chi connectivity index (χ3n) is 3.09. The molecule has 0 amide bonds. The van der Waals surface area contributed by atoms with Crippen molar-refractivity contribution in [1.82, 2.24) is 9.97 Å². The summed E-state index contributed by atoms with van der Waals surface area (Å²) in [6.07, 6.45) is 3.54. The van der Waals surface area contributed by atoms with Crippen LogP contribution in [0, 0.1) is 5.41 Å². The number of nitrogens with zero attached hydrogens (tertiary/aromatic N) is 2. The molecule has 0 saturated heterocycles. The molecule has 1 aliphatic rings. The van der Waals surface area contributed by atoms with Crippen LogP contribution in [0.3, 0.4) is 0 Å². The Morgan fingerprint density at radius 3 is 2.74 bits per heavy atom. The van der Waals surface area contributed by atoms with E-state index in [-0.39, 0.29) is 16.5 Å². The minimum absolute atomic E-state index is 0.0179. The molecule has 1 aromatic heterocycles. The third-order valence-corrected chi connectivity index (χ3v) is 3.26. The van der Waals surface area contributed by atoms with Crippen LogP contribution in [0.4, 0.5) is 5.82 Å². The highest BCUT2D eigenvalue weighted by atomic mass is 35.5. The number of fused-ring (bicyclic) bond motifs is 1. The lowest BCUT2D eigenvalue weighted by atomic mass is 9.90. The van der Waals surface area contributed by atoms with Crippen molar-refractivity contribution in [3.8, 4) is 0 Å². The average Bonchev–Trinajstić information content (AvgIpc) is 2.71. The van der Waals surface area contributed by atoms with Gasteiger partial charge in [-0.1, -0.05) is 20.8 Å². The Morgan fingerprint density at radius 2 is 2.05 bits per heavy atom. The molecular weight excluding hydrogens is 262 g/mol. The van der Waals surface area contributed by atoms with Gasteiger partial charge in [0.2, 0.25) is 5.28 Å². The zero-order valence-electron chi connectivity index (χ0n) is 11.7. The number of aryl methyl sites for hydroxylation is 1. The molecule has 0 radical (unpaired) electrons. The van der Waals surface area contributed by atoms with Crippen LogP contribution in [-0.4, -0.2) is 22.3 Å². The van der Waals surface area contributed by atoms with Gasteiger partial charge in [-0.15, -0.1) is 0 Å². The summed E-state index contributed by atoms with van der Waals surface area (Å²) in [5.74, 6) is 0.920. The second-order valence-electron chi connectivity index (χ2n) is 6.25. The Morgan fingerprint density at radius 1 is 1.32 bits per heavy atom. The molecule has 0 unspecified atom stereocenters. The Kier molecular flexibility index (Phi) is 4.09. The van der Waals surface area contributed by atoms with E-state index in [1.807, 2.05) is 0 Å². The number of halogens is 1. The van der Waals surface area contributed by atoms with E-state index in [1.54, 1.807) is 0 Å². The summed E-state index contributed by atoms with van der Waals surface area (Å²) in [6, 6.07) is 0. The van der Waals surface area contributed by atoms with Crippen molar-refractivity contribution in [2.45, 2.75) is 46.5 Å². The smallest absolute Gasteiger partial charge is 0.224 e. The van der Waals surface area contributed by atoms with E-state index in [1.165, 1.54) is 0 Å². The summed E-state index contributed by atoms with van der Waals surface area (Å²) >= 11 is 5.90. The number of rotatable bonds is 4. The zero-order valence-corrected chi connectivity index (χ0v) is 12.5. The highest BCUT2D eigenvalue weighted by Crippen LogP contribution is 2.27. The molecule has 1 aliphatic carbocycles. The number of anilines is 1. The van der Waals surface area contributed by atoms with Crippen LogP contribution in [0.1, 0.15) is 44.9 Å². The minimum atomic E-state index is 0.0179. The number of carbonyl (C=O) groups is 1. The molecule has 5 heteroatoms. The van der Waals surface area contributed by atoms with Crippen molar-refractivity contribution < 1.29 is 4.79 Å². The van der Waals surface area contributed by atoms with Gasteiger partial charge in [0.1, 0.15) is 5.82 Å². The van der Waals surface area contributed by atoms with Gasteiger partial charge in [-0.3, -0.25) is 4.79 Å². The highest BCUT2D eigenvalue weighted by Gasteiger charge is 2.20. The van der Waals surface area contributed by atoms with Crippen molar-refractivity contribution in [2.24, 2.45) is 5.41 Å². The first-order valence-corrected chi connectivity index (χ1v) is 7.04. The second-order valence-corrected chi connectivity index (χ2v) is 6.59. The van der Waals surface area contributed by atoms with E-state index < -0.39 is 0 Å². The Bertz CT molecular complexity index is 494. The maximum atomic E-state index is 11.9. The predicted octanol–water partition coefficient (Wildman–Crippen LogP) is 3.04. The van der Waals surface area contributed by atoms with Gasteiger partial charge in [-0.2, -0.15) is 0 Å². The highest BCUT2D eigenvalue weighted by molar-refractivity contribution is 6.28. The zero-order chi connectivity index (χ0) is 14.0. The fraction of sp³-hybridized carbons (Fsp3) is 0.643. The summed E-state index contributed by atoms with van der Waals surface area (Å²) < 4.78 is 0. The van der Waals surface area contributed by atoms with Crippen LogP contribution in [0.5, 0.6) is 0 Å². The van der Waals surface area contributed by atoms with Crippen molar-refractivity contribution in [3.63, 3.8) is 0 Å². The first-order chi connectivity index (χ1) is 8.85. The lowest BCUT2D eigenvalue weighted by molar-refractivity contribution is -0.119. The average molecular weight is 282 g/mol. The van der Waals surface area contributed by atoms with Crippen LogP contribution in [-0.2, 0) is 17.6 Å². The van der Waals surface area contributed by atoms with Crippen LogP contribution in [0.15, 0.2) is 0 Å². The maximum absolute atomic E-state index is 11.9. The fourth-order valence-corrected chi connectivity index (χ4v) is 2.57. The van der Waals surface area contributed by atoms with Crippen molar-refractivity contribution in [3.05, 3.63) is 16.5 Å². The van der Waals surface area contributed by atoms with Crippen LogP contribution < -0.4 is 5.32 Å². The number of hydrogen-bond donors (Lipinski definition) is 1. The number of aromatic nitrogens is 2. The molecule has 0 atom stereocenters. The lowest BCUT2D eigenvalue weighted by Gasteiger charge is -2.17. The van der Waals surface area contributed by atoms with E-state index >= 15 is 0 Å². The maximum Gasteiger partial charge on any atom is 0.224 e. The molecule has 1 heterocycles. The monoisotopic (exact) mass is 281 g/mol. The molecule has 0 aromatic carbocycles. The quantitative estimate of drug-likeness (QED) is 0.862. The van der Waals surface area contributed by atoms with Gasteiger partial charge in [-0.05, 0) is 36.3 Å². The molecule has 0 aliphatic heterocycles. The minimum Gasteiger partial charge on any atom is -0.363 e. The number of ketones is 1. The normalized spacial score (nSPS) is 14.3. The van der Waals surface area contributed by atoms with Gasteiger partial charge < -0.3 is 5.32 Å².